The molecule has 9 atom stereocenters. The van der Waals surface area contributed by atoms with Crippen molar-refractivity contribution in [2.75, 3.05) is 77.1 Å². The molecule has 0 bridgehead atoms. The number of nitrogens with two attached hydrogens (primary N) is 2. The van der Waals surface area contributed by atoms with Gasteiger partial charge in [0.25, 0.3) is 23.6 Å². The lowest BCUT2D eigenvalue weighted by Gasteiger charge is -2.24. The molecule has 4 heterocycles. The van der Waals surface area contributed by atoms with Gasteiger partial charge in [-0.2, -0.15) is 23.5 Å². The molecule has 2 fully saturated rings. The highest BCUT2D eigenvalue weighted by Gasteiger charge is 2.43. The second kappa shape index (κ2) is 45.9. The molecule has 2 saturated heterocycles. The van der Waals surface area contributed by atoms with E-state index in [4.69, 9.17) is 11.5 Å². The summed E-state index contributed by atoms with van der Waals surface area (Å²) in [4.78, 5) is 214. The summed E-state index contributed by atoms with van der Waals surface area (Å²) < 4.78 is -0.258. The second-order valence-electron chi connectivity index (χ2n) is 24.9. The Morgan fingerprint density at radius 1 is 0.535 bits per heavy atom. The van der Waals surface area contributed by atoms with E-state index in [2.05, 4.69) is 69.1 Å². The highest BCUT2D eigenvalue weighted by atomic mass is 32.2. The van der Waals surface area contributed by atoms with Gasteiger partial charge in [0, 0.05) is 91.2 Å². The number of hydrogen-bond acceptors (Lipinski definition) is 22. The summed E-state index contributed by atoms with van der Waals surface area (Å²) in [5.41, 5.74) is 11.2. The average Bonchev–Trinajstić information content (AvgIpc) is 1.66. The fraction of sp³-hybridized carbons (Fsp3) is 0.667. The van der Waals surface area contributed by atoms with Crippen molar-refractivity contribution >= 4 is 124 Å². The molecule has 18 amide bonds. The third kappa shape index (κ3) is 33.1. The lowest BCUT2D eigenvalue weighted by molar-refractivity contribution is -0.139. The summed E-state index contributed by atoms with van der Waals surface area (Å²) in [5, 5.41) is 53.4. The van der Waals surface area contributed by atoms with Crippen molar-refractivity contribution in [2.45, 2.75) is 189 Å². The molecule has 0 saturated carbocycles. The first-order chi connectivity index (χ1) is 47.9. The standard InChI is InChI=1S/C54H89N15O16S2.C9H12N2O3/c1-5-6-13-31(61-40(73)20-23-69-44(77)18-19-45(69)78)48(80)58-25-42(75)63-35(28-71)52(84)65-33(14-9-11-21-55)51(83)66-34(27-70)50(82)60-24-41(74)62-32(49(81)59-26-43(76)64-37(47(56)79)30-87-54(2,3)4)15-10-12-22-57-39(72)17-8-7-16-38-46-36(29-86-38)67-53(85)68-46;1-2-10-7(12)5-6-11-8(13)3-4-9(11)14/h18-19,31-38,46,70-71H,5-17,20-30,55H2,1-4H3,(H2,56,79)(H,57,72)(H,58,80)(H,59,81)(H,60,82)(H,61,73)(H,62,74)(H,63,75)(H,64,76)(H,65,84)(H,66,83)(H2,67,68,85);3-4H,2,5-6H2,1H3,(H,10,12)/t31?,32?,33?,34?,35?,36?,37?,38-,46?;/m0./s1. The number of carbonyl (C=O) groups excluding carboxylic acids is 17. The predicted octanol–water partition coefficient (Wildman–Crippen LogP) is -5.67. The molecule has 0 aromatic rings. The van der Waals surface area contributed by atoms with Gasteiger partial charge in [0.2, 0.25) is 70.9 Å². The fourth-order valence-electron chi connectivity index (χ4n) is 10.1. The predicted molar refractivity (Wildman–Crippen MR) is 369 cm³/mol. The molecule has 0 aromatic heterocycles. The first kappa shape index (κ1) is 86.5. The van der Waals surface area contributed by atoms with Crippen LogP contribution in [-0.4, -0.2) is 256 Å². The summed E-state index contributed by atoms with van der Waals surface area (Å²) in [7, 11) is 0. The number of nitrogens with one attached hydrogen (secondary N) is 13. The Kier molecular flexibility index (Phi) is 39.3. The minimum atomic E-state index is -1.70. The normalized spacial score (nSPS) is 17.6. The summed E-state index contributed by atoms with van der Waals surface area (Å²) in [5.74, 6) is -9.88. The second-order valence-corrected chi connectivity index (χ2v) is 28.0. The first-order valence-electron chi connectivity index (χ1n) is 33.7. The Hall–Kier alpha value is -8.75. The van der Waals surface area contributed by atoms with Crippen LogP contribution < -0.4 is 80.6 Å². The fourth-order valence-corrected chi connectivity index (χ4v) is 12.6. The molecule has 0 spiro atoms. The summed E-state index contributed by atoms with van der Waals surface area (Å²) in [6.07, 6.45) is 9.53. The number of thioether (sulfide) groups is 2. The highest BCUT2D eigenvalue weighted by molar-refractivity contribution is 8.00. The molecule has 36 nitrogen and oxygen atoms in total. The Balaban J connectivity index is 0.00000168. The van der Waals surface area contributed by atoms with Crippen molar-refractivity contribution in [3.05, 3.63) is 24.3 Å². The van der Waals surface area contributed by atoms with E-state index in [-0.39, 0.29) is 135 Å². The zero-order valence-electron chi connectivity index (χ0n) is 57.8. The van der Waals surface area contributed by atoms with Crippen LogP contribution in [-0.2, 0) is 76.7 Å². The smallest absolute Gasteiger partial charge is 0.315 e. The van der Waals surface area contributed by atoms with E-state index in [1.165, 1.54) is 23.9 Å². The maximum atomic E-state index is 13.6. The third-order valence-corrected chi connectivity index (χ3v) is 18.5. The monoisotopic (exact) mass is 1460 g/mol. The summed E-state index contributed by atoms with van der Waals surface area (Å²) >= 11 is 3.18. The van der Waals surface area contributed by atoms with Gasteiger partial charge >= 0.3 is 6.03 Å². The number of nitrogens with zero attached hydrogens (tertiary/aromatic N) is 2. The van der Waals surface area contributed by atoms with E-state index in [1.807, 2.05) is 34.6 Å². The largest absolute Gasteiger partial charge is 0.394 e. The number of aliphatic hydroxyl groups is 2. The summed E-state index contributed by atoms with van der Waals surface area (Å²) in [6.45, 7) is 6.25. The maximum absolute atomic E-state index is 13.6. The van der Waals surface area contributed by atoms with Crippen molar-refractivity contribution in [3.63, 3.8) is 0 Å². The van der Waals surface area contributed by atoms with Gasteiger partial charge in [-0.15, -0.1) is 0 Å². The minimum absolute atomic E-state index is 0.00224. The Morgan fingerprint density at radius 3 is 1.49 bits per heavy atom. The Morgan fingerprint density at radius 2 is 0.980 bits per heavy atom. The van der Waals surface area contributed by atoms with Gasteiger partial charge in [0.05, 0.1) is 44.9 Å². The van der Waals surface area contributed by atoms with Gasteiger partial charge in [-0.05, 0) is 71.3 Å². The number of urea groups is 1. The van der Waals surface area contributed by atoms with E-state index in [0.717, 1.165) is 40.5 Å². The number of hydrogen-bond donors (Lipinski definition) is 17. The number of imide groups is 2. The number of aliphatic hydroxyl groups excluding tert-OH is 2. The molecule has 4 aliphatic heterocycles. The van der Waals surface area contributed by atoms with Crippen LogP contribution in [0, 0.1) is 0 Å². The third-order valence-electron chi connectivity index (χ3n) is 15.6. The van der Waals surface area contributed by atoms with Gasteiger partial charge in [0.1, 0.15) is 36.3 Å². The van der Waals surface area contributed by atoms with Crippen LogP contribution in [0.5, 0.6) is 0 Å². The molecule has 4 aliphatic rings. The van der Waals surface area contributed by atoms with Crippen molar-refractivity contribution < 1.29 is 91.7 Å². The number of amides is 18. The van der Waals surface area contributed by atoms with Crippen molar-refractivity contribution in [2.24, 2.45) is 11.5 Å². The van der Waals surface area contributed by atoms with Crippen LogP contribution in [0.3, 0.4) is 0 Å². The highest BCUT2D eigenvalue weighted by Crippen LogP contribution is 2.33. The quantitative estimate of drug-likeness (QED) is 0.0153. The Bertz CT molecular complexity index is 2950. The average molecular weight is 1460 g/mol. The van der Waals surface area contributed by atoms with Crippen LogP contribution in [0.2, 0.25) is 0 Å². The van der Waals surface area contributed by atoms with Crippen LogP contribution in [0.15, 0.2) is 24.3 Å². The number of carbonyl (C=O) groups is 17. The summed E-state index contributed by atoms with van der Waals surface area (Å²) in [6, 6.07) is -8.24. The van der Waals surface area contributed by atoms with Gasteiger partial charge in [-0.25, -0.2) is 4.79 Å². The molecule has 0 aliphatic carbocycles. The molecular weight excluding hydrogens is 1360 g/mol. The van der Waals surface area contributed by atoms with Crippen LogP contribution in [0.25, 0.3) is 0 Å². The molecule has 564 valence electrons. The molecule has 0 aromatic carbocycles. The molecule has 0 radical (unpaired) electrons. The van der Waals surface area contributed by atoms with Crippen molar-refractivity contribution in [1.29, 1.82) is 0 Å². The SMILES string of the molecule is CCCCC(NC(=O)CCN1C(=O)C=CC1=O)C(=O)NCC(=O)NC(CO)C(=O)NC(CCCCN)C(=O)NC(CO)C(=O)NCC(=O)NC(CCCCNC(=O)CCCC[C@@H]1SCC2NC(=O)NC21)C(=O)NCC(=O)NC(CSC(C)(C)C)C(N)=O.CCNC(=O)CCN1C(=O)C=CC1=O. The number of fused-ring (bicyclic) bond motifs is 1. The topological polar surface area (TPSA) is 546 Å². The van der Waals surface area contributed by atoms with E-state index in [9.17, 15) is 91.7 Å². The molecule has 38 heteroatoms. The number of primary amides is 1. The van der Waals surface area contributed by atoms with E-state index in [0.29, 0.717) is 38.6 Å². The Labute approximate surface area is 594 Å². The van der Waals surface area contributed by atoms with Crippen LogP contribution in [0.4, 0.5) is 4.79 Å². The number of unbranched alkanes of at least 4 members (excludes halogenated alkanes) is 4. The molecule has 101 heavy (non-hydrogen) atoms. The zero-order valence-corrected chi connectivity index (χ0v) is 59.4. The zero-order chi connectivity index (χ0) is 75.2. The van der Waals surface area contributed by atoms with E-state index >= 15 is 0 Å². The van der Waals surface area contributed by atoms with Gasteiger partial charge in [-0.1, -0.05) is 47.0 Å². The van der Waals surface area contributed by atoms with Crippen molar-refractivity contribution in [1.82, 2.24) is 78.9 Å². The van der Waals surface area contributed by atoms with Crippen LogP contribution in [0.1, 0.15) is 131 Å². The van der Waals surface area contributed by atoms with Gasteiger partial charge in [-0.3, -0.25) is 86.5 Å². The first-order valence-corrected chi connectivity index (χ1v) is 35.7. The molecule has 19 N–H and O–H groups in total. The van der Waals surface area contributed by atoms with E-state index in [1.54, 1.807) is 11.8 Å². The van der Waals surface area contributed by atoms with Crippen LogP contribution >= 0.6 is 23.5 Å². The van der Waals surface area contributed by atoms with Crippen molar-refractivity contribution in [3.8, 4) is 0 Å². The minimum Gasteiger partial charge on any atom is -0.394 e. The maximum Gasteiger partial charge on any atom is 0.315 e. The van der Waals surface area contributed by atoms with E-state index < -0.39 is 140 Å². The number of rotatable bonds is 46. The van der Waals surface area contributed by atoms with Gasteiger partial charge in [0.15, 0.2) is 0 Å². The lowest BCUT2D eigenvalue weighted by Crippen LogP contribution is -2.59. The molecule has 4 rings (SSSR count). The molecular formula is C63H101N17O19S2. The lowest BCUT2D eigenvalue weighted by atomic mass is 10.0. The molecule has 8 unspecified atom stereocenters. The van der Waals surface area contributed by atoms with Gasteiger partial charge < -0.3 is 90.8 Å².